The lowest BCUT2D eigenvalue weighted by molar-refractivity contribution is 0.156. The van der Waals surface area contributed by atoms with Crippen molar-refractivity contribution >= 4 is 15.9 Å². The highest BCUT2D eigenvalue weighted by atomic mass is 79.9. The molecule has 1 aromatic rings. The van der Waals surface area contributed by atoms with Crippen LogP contribution in [-0.2, 0) is 6.54 Å². The monoisotopic (exact) mass is 300 g/mol. The number of nitrogens with two attached hydrogens (primary N) is 1. The van der Waals surface area contributed by atoms with Gasteiger partial charge in [-0.3, -0.25) is 4.90 Å². The molecule has 0 saturated carbocycles. The van der Waals surface area contributed by atoms with Crippen LogP contribution in [-0.4, -0.2) is 24.0 Å². The minimum absolute atomic E-state index is 0.137. The van der Waals surface area contributed by atoms with E-state index < -0.39 is 0 Å². The molecule has 2 rings (SSSR count). The van der Waals surface area contributed by atoms with Crippen molar-refractivity contribution in [2.45, 2.75) is 25.9 Å². The van der Waals surface area contributed by atoms with Crippen LogP contribution in [0, 0.1) is 11.7 Å². The molecule has 0 bridgehead atoms. The lowest BCUT2D eigenvalue weighted by atomic mass is 9.94. The van der Waals surface area contributed by atoms with Crippen LogP contribution in [0.5, 0.6) is 0 Å². The average Bonchev–Trinajstić information content (AvgIpc) is 2.27. The SMILES string of the molecule is CC1CN(Cc2ccc(Br)cc2F)CCC1N. The normalized spacial score (nSPS) is 26.1. The van der Waals surface area contributed by atoms with Crippen molar-refractivity contribution in [1.29, 1.82) is 0 Å². The van der Waals surface area contributed by atoms with Gasteiger partial charge in [-0.25, -0.2) is 4.39 Å². The Morgan fingerprint density at radius 3 is 2.94 bits per heavy atom. The summed E-state index contributed by atoms with van der Waals surface area (Å²) in [5.74, 6) is 0.351. The molecule has 17 heavy (non-hydrogen) atoms. The Labute approximate surface area is 110 Å². The third-order valence-corrected chi connectivity index (χ3v) is 3.96. The fraction of sp³-hybridized carbons (Fsp3) is 0.538. The zero-order valence-electron chi connectivity index (χ0n) is 10.00. The van der Waals surface area contributed by atoms with E-state index in [1.165, 1.54) is 6.07 Å². The maximum atomic E-state index is 13.7. The summed E-state index contributed by atoms with van der Waals surface area (Å²) in [6.07, 6.45) is 0.999. The number of hydrogen-bond acceptors (Lipinski definition) is 2. The second kappa shape index (κ2) is 5.46. The molecule has 0 aromatic heterocycles. The molecule has 1 aromatic carbocycles. The summed E-state index contributed by atoms with van der Waals surface area (Å²) in [7, 11) is 0. The number of halogens is 2. The van der Waals surface area contributed by atoms with Gasteiger partial charge in [0.05, 0.1) is 0 Å². The van der Waals surface area contributed by atoms with Gasteiger partial charge >= 0.3 is 0 Å². The number of hydrogen-bond donors (Lipinski definition) is 1. The van der Waals surface area contributed by atoms with Crippen molar-refractivity contribution in [2.75, 3.05) is 13.1 Å². The van der Waals surface area contributed by atoms with Gasteiger partial charge in [0, 0.05) is 29.2 Å². The van der Waals surface area contributed by atoms with Gasteiger partial charge in [-0.05, 0) is 31.0 Å². The highest BCUT2D eigenvalue weighted by Crippen LogP contribution is 2.20. The van der Waals surface area contributed by atoms with Gasteiger partial charge in [0.2, 0.25) is 0 Å². The van der Waals surface area contributed by atoms with E-state index in [1.54, 1.807) is 0 Å². The minimum Gasteiger partial charge on any atom is -0.327 e. The van der Waals surface area contributed by atoms with Gasteiger partial charge in [-0.2, -0.15) is 0 Å². The predicted molar refractivity (Wildman–Crippen MR) is 71.1 cm³/mol. The molecule has 2 unspecified atom stereocenters. The van der Waals surface area contributed by atoms with E-state index in [4.69, 9.17) is 5.73 Å². The van der Waals surface area contributed by atoms with E-state index >= 15 is 0 Å². The molecule has 2 atom stereocenters. The second-order valence-electron chi connectivity index (χ2n) is 4.90. The summed E-state index contributed by atoms with van der Waals surface area (Å²) >= 11 is 3.27. The first kappa shape index (κ1) is 13.0. The van der Waals surface area contributed by atoms with Crippen molar-refractivity contribution in [3.05, 3.63) is 34.1 Å². The predicted octanol–water partition coefficient (Wildman–Crippen LogP) is 2.76. The second-order valence-corrected chi connectivity index (χ2v) is 5.82. The zero-order valence-corrected chi connectivity index (χ0v) is 11.6. The van der Waals surface area contributed by atoms with Crippen molar-refractivity contribution in [3.63, 3.8) is 0 Å². The lowest BCUT2D eigenvalue weighted by Gasteiger charge is -2.35. The Morgan fingerprint density at radius 1 is 1.53 bits per heavy atom. The summed E-state index contributed by atoms with van der Waals surface area (Å²) in [5.41, 5.74) is 6.74. The first-order chi connectivity index (χ1) is 8.06. The van der Waals surface area contributed by atoms with Crippen LogP contribution in [0.3, 0.4) is 0 Å². The quantitative estimate of drug-likeness (QED) is 0.910. The number of nitrogens with zero attached hydrogens (tertiary/aromatic N) is 1. The highest BCUT2D eigenvalue weighted by molar-refractivity contribution is 9.10. The molecule has 1 fully saturated rings. The molecule has 0 radical (unpaired) electrons. The smallest absolute Gasteiger partial charge is 0.128 e. The van der Waals surface area contributed by atoms with Crippen LogP contribution in [0.15, 0.2) is 22.7 Å². The van der Waals surface area contributed by atoms with E-state index in [0.29, 0.717) is 18.5 Å². The lowest BCUT2D eigenvalue weighted by Crippen LogP contribution is -2.45. The fourth-order valence-electron chi connectivity index (χ4n) is 2.28. The largest absolute Gasteiger partial charge is 0.327 e. The summed E-state index contributed by atoms with van der Waals surface area (Å²) in [6, 6.07) is 5.55. The Balaban J connectivity index is 2.01. The average molecular weight is 301 g/mol. The van der Waals surface area contributed by atoms with Gasteiger partial charge in [0.25, 0.3) is 0 Å². The van der Waals surface area contributed by atoms with Gasteiger partial charge in [-0.15, -0.1) is 0 Å². The molecule has 0 spiro atoms. The van der Waals surface area contributed by atoms with Crippen LogP contribution >= 0.6 is 15.9 Å². The molecule has 94 valence electrons. The zero-order chi connectivity index (χ0) is 12.4. The number of piperidine rings is 1. The molecule has 1 saturated heterocycles. The third kappa shape index (κ3) is 3.27. The summed E-state index contributed by atoms with van der Waals surface area (Å²) in [5, 5.41) is 0. The molecule has 1 aliphatic heterocycles. The van der Waals surface area contributed by atoms with Crippen LogP contribution in [0.1, 0.15) is 18.9 Å². The van der Waals surface area contributed by atoms with Crippen molar-refractivity contribution in [2.24, 2.45) is 11.7 Å². The van der Waals surface area contributed by atoms with Crippen molar-refractivity contribution in [1.82, 2.24) is 4.90 Å². The topological polar surface area (TPSA) is 29.3 Å². The molecule has 2 N–H and O–H groups in total. The van der Waals surface area contributed by atoms with Crippen LogP contribution in [0.4, 0.5) is 4.39 Å². The minimum atomic E-state index is -0.137. The van der Waals surface area contributed by atoms with Crippen molar-refractivity contribution < 1.29 is 4.39 Å². The Kier molecular flexibility index (Phi) is 4.17. The molecule has 2 nitrogen and oxygen atoms in total. The maximum absolute atomic E-state index is 13.7. The van der Waals surface area contributed by atoms with E-state index in [1.807, 2.05) is 12.1 Å². The number of rotatable bonds is 2. The molecular weight excluding hydrogens is 283 g/mol. The van der Waals surface area contributed by atoms with Crippen LogP contribution < -0.4 is 5.73 Å². The molecule has 1 heterocycles. The highest BCUT2D eigenvalue weighted by Gasteiger charge is 2.23. The van der Waals surface area contributed by atoms with E-state index in [9.17, 15) is 4.39 Å². The molecule has 1 aliphatic rings. The van der Waals surface area contributed by atoms with Crippen LogP contribution in [0.2, 0.25) is 0 Å². The molecule has 4 heteroatoms. The number of likely N-dealkylation sites (tertiary alicyclic amines) is 1. The standard InChI is InChI=1S/C13H18BrFN2/c1-9-7-17(5-4-13(9)16)8-10-2-3-11(14)6-12(10)15/h2-3,6,9,13H,4-5,7-8,16H2,1H3. The Bertz CT molecular complexity index is 397. The fourth-order valence-corrected chi connectivity index (χ4v) is 2.62. The first-order valence-corrected chi connectivity index (χ1v) is 6.77. The van der Waals surface area contributed by atoms with E-state index in [-0.39, 0.29) is 5.82 Å². The Morgan fingerprint density at radius 2 is 2.29 bits per heavy atom. The third-order valence-electron chi connectivity index (χ3n) is 3.46. The van der Waals surface area contributed by atoms with Gasteiger partial charge < -0.3 is 5.73 Å². The van der Waals surface area contributed by atoms with Gasteiger partial charge in [0.1, 0.15) is 5.82 Å². The summed E-state index contributed by atoms with van der Waals surface area (Å²) in [4.78, 5) is 2.28. The Hall–Kier alpha value is -0.450. The first-order valence-electron chi connectivity index (χ1n) is 5.98. The van der Waals surface area contributed by atoms with Crippen LogP contribution in [0.25, 0.3) is 0 Å². The van der Waals surface area contributed by atoms with E-state index in [2.05, 4.69) is 27.8 Å². The summed E-state index contributed by atoms with van der Waals surface area (Å²) < 4.78 is 14.5. The van der Waals surface area contributed by atoms with E-state index in [0.717, 1.165) is 29.5 Å². The maximum Gasteiger partial charge on any atom is 0.128 e. The van der Waals surface area contributed by atoms with Gasteiger partial charge in [-0.1, -0.05) is 28.9 Å². The number of benzene rings is 1. The molecule has 0 aliphatic carbocycles. The molecular formula is C13H18BrFN2. The van der Waals surface area contributed by atoms with Crippen molar-refractivity contribution in [3.8, 4) is 0 Å². The molecule has 0 amide bonds. The summed E-state index contributed by atoms with van der Waals surface area (Å²) in [6.45, 7) is 4.75. The van der Waals surface area contributed by atoms with Gasteiger partial charge in [0.15, 0.2) is 0 Å².